The molecule has 0 radical (unpaired) electrons. The molecule has 1 saturated carbocycles. The summed E-state index contributed by atoms with van der Waals surface area (Å²) in [7, 11) is 0. The third kappa shape index (κ3) is 3.79. The fourth-order valence-electron chi connectivity index (χ4n) is 1.77. The molecule has 0 aromatic heterocycles. The van der Waals surface area contributed by atoms with Crippen molar-refractivity contribution < 1.29 is 9.90 Å². The predicted molar refractivity (Wildman–Crippen MR) is 54.7 cm³/mol. The maximum absolute atomic E-state index is 10.6. The van der Waals surface area contributed by atoms with Crippen LogP contribution in [0.1, 0.15) is 47.0 Å². The summed E-state index contributed by atoms with van der Waals surface area (Å²) in [5.41, 5.74) is 0. The zero-order chi connectivity index (χ0) is 10.4. The number of carboxylic acid groups (broad SMARTS) is 1. The van der Waals surface area contributed by atoms with Gasteiger partial charge in [0.05, 0.1) is 5.92 Å². The van der Waals surface area contributed by atoms with Gasteiger partial charge >= 0.3 is 5.97 Å². The molecule has 1 aliphatic carbocycles. The predicted octanol–water partition coefficient (Wildman–Crippen LogP) is 3.17. The molecule has 78 valence electrons. The highest BCUT2D eigenvalue weighted by atomic mass is 16.4. The molecule has 0 spiro atoms. The molecule has 3 atom stereocenters. The highest BCUT2D eigenvalue weighted by molar-refractivity contribution is 5.70. The smallest absolute Gasteiger partial charge is 0.306 e. The molecule has 3 unspecified atom stereocenters. The zero-order valence-electron chi connectivity index (χ0n) is 9.21. The van der Waals surface area contributed by atoms with E-state index in [1.54, 1.807) is 0 Å². The van der Waals surface area contributed by atoms with E-state index in [1.165, 1.54) is 0 Å². The first kappa shape index (κ1) is 12.5. The Morgan fingerprint density at radius 1 is 1.15 bits per heavy atom. The normalized spacial score (nSPS) is 33.1. The van der Waals surface area contributed by atoms with Crippen LogP contribution in [0.15, 0.2) is 0 Å². The summed E-state index contributed by atoms with van der Waals surface area (Å²) in [4.78, 5) is 10.6. The van der Waals surface area contributed by atoms with Crippen molar-refractivity contribution in [3.05, 3.63) is 0 Å². The molecule has 0 saturated heterocycles. The monoisotopic (exact) mass is 186 g/mol. The van der Waals surface area contributed by atoms with Gasteiger partial charge in [0.25, 0.3) is 0 Å². The summed E-state index contributed by atoms with van der Waals surface area (Å²) in [5.74, 6) is 0.625. The van der Waals surface area contributed by atoms with Gasteiger partial charge in [0, 0.05) is 0 Å². The molecule has 13 heavy (non-hydrogen) atoms. The van der Waals surface area contributed by atoms with Gasteiger partial charge in [-0.25, -0.2) is 0 Å². The third-order valence-electron chi connectivity index (χ3n) is 2.95. The standard InChI is InChI=1S/C9H16O2.C2H6/c1-6-3-4-8(9(10)11)5-7(6)2;1-2/h6-8H,3-5H2,1-2H3,(H,10,11);1-2H3. The number of rotatable bonds is 1. The van der Waals surface area contributed by atoms with E-state index in [0.717, 1.165) is 19.3 Å². The van der Waals surface area contributed by atoms with E-state index >= 15 is 0 Å². The molecule has 2 nitrogen and oxygen atoms in total. The number of carbonyl (C=O) groups is 1. The number of hydrogen-bond donors (Lipinski definition) is 1. The first-order chi connectivity index (χ1) is 6.11. The van der Waals surface area contributed by atoms with Gasteiger partial charge in [-0.05, 0) is 31.1 Å². The van der Waals surface area contributed by atoms with Gasteiger partial charge in [0.2, 0.25) is 0 Å². The Morgan fingerprint density at radius 3 is 2.08 bits per heavy atom. The molecular weight excluding hydrogens is 164 g/mol. The lowest BCUT2D eigenvalue weighted by molar-refractivity contribution is -0.143. The van der Waals surface area contributed by atoms with Crippen molar-refractivity contribution in [2.45, 2.75) is 47.0 Å². The second-order valence-electron chi connectivity index (χ2n) is 3.80. The second kappa shape index (κ2) is 6.01. The van der Waals surface area contributed by atoms with Gasteiger partial charge in [-0.2, -0.15) is 0 Å². The molecule has 2 heteroatoms. The number of carboxylic acids is 1. The van der Waals surface area contributed by atoms with Crippen LogP contribution in [0, 0.1) is 17.8 Å². The minimum Gasteiger partial charge on any atom is -0.481 e. The van der Waals surface area contributed by atoms with Crippen LogP contribution in [0.3, 0.4) is 0 Å². The maximum Gasteiger partial charge on any atom is 0.306 e. The van der Waals surface area contributed by atoms with Crippen molar-refractivity contribution in [3.8, 4) is 0 Å². The second-order valence-corrected chi connectivity index (χ2v) is 3.80. The van der Waals surface area contributed by atoms with Gasteiger partial charge in [0.1, 0.15) is 0 Å². The van der Waals surface area contributed by atoms with Crippen LogP contribution in [0.2, 0.25) is 0 Å². The van der Waals surface area contributed by atoms with E-state index in [-0.39, 0.29) is 5.92 Å². The SMILES string of the molecule is CC.CC1CCC(C(=O)O)CC1C. The van der Waals surface area contributed by atoms with E-state index in [2.05, 4.69) is 13.8 Å². The average molecular weight is 186 g/mol. The number of aliphatic carboxylic acids is 1. The molecule has 1 fully saturated rings. The van der Waals surface area contributed by atoms with Crippen molar-refractivity contribution >= 4 is 5.97 Å². The molecule has 0 aromatic rings. The van der Waals surface area contributed by atoms with Crippen molar-refractivity contribution in [3.63, 3.8) is 0 Å². The Bertz CT molecular complexity index is 154. The zero-order valence-corrected chi connectivity index (χ0v) is 9.21. The van der Waals surface area contributed by atoms with Crippen LogP contribution >= 0.6 is 0 Å². The largest absolute Gasteiger partial charge is 0.481 e. The quantitative estimate of drug-likeness (QED) is 0.683. The topological polar surface area (TPSA) is 37.3 Å². The summed E-state index contributed by atoms with van der Waals surface area (Å²) >= 11 is 0. The van der Waals surface area contributed by atoms with E-state index in [4.69, 9.17) is 5.11 Å². The Balaban J connectivity index is 0.000000671. The molecular formula is C11H22O2. The molecule has 0 amide bonds. The van der Waals surface area contributed by atoms with Crippen molar-refractivity contribution in [2.75, 3.05) is 0 Å². The van der Waals surface area contributed by atoms with Gasteiger partial charge in [0.15, 0.2) is 0 Å². The van der Waals surface area contributed by atoms with Gasteiger partial charge in [-0.3, -0.25) is 4.79 Å². The van der Waals surface area contributed by atoms with Crippen molar-refractivity contribution in [2.24, 2.45) is 17.8 Å². The molecule has 0 bridgehead atoms. The minimum atomic E-state index is -0.608. The summed E-state index contributed by atoms with van der Waals surface area (Å²) in [6.07, 6.45) is 2.83. The van der Waals surface area contributed by atoms with Gasteiger partial charge in [-0.1, -0.05) is 27.7 Å². The number of hydrogen-bond acceptors (Lipinski definition) is 1. The van der Waals surface area contributed by atoms with E-state index in [1.807, 2.05) is 13.8 Å². The van der Waals surface area contributed by atoms with Crippen LogP contribution < -0.4 is 0 Å². The van der Waals surface area contributed by atoms with Gasteiger partial charge in [-0.15, -0.1) is 0 Å². The summed E-state index contributed by atoms with van der Waals surface area (Å²) < 4.78 is 0. The Hall–Kier alpha value is -0.530. The molecule has 1 aliphatic rings. The first-order valence-electron chi connectivity index (χ1n) is 5.34. The van der Waals surface area contributed by atoms with Gasteiger partial charge < -0.3 is 5.11 Å². The third-order valence-corrected chi connectivity index (χ3v) is 2.95. The molecule has 0 heterocycles. The highest BCUT2D eigenvalue weighted by Crippen LogP contribution is 2.33. The molecule has 1 N–H and O–H groups in total. The van der Waals surface area contributed by atoms with Crippen molar-refractivity contribution in [1.82, 2.24) is 0 Å². The fraction of sp³-hybridized carbons (Fsp3) is 0.909. The molecule has 0 aromatic carbocycles. The maximum atomic E-state index is 10.6. The lowest BCUT2D eigenvalue weighted by atomic mass is 9.76. The van der Waals surface area contributed by atoms with Crippen LogP contribution in [-0.2, 0) is 4.79 Å². The summed E-state index contributed by atoms with van der Waals surface area (Å²) in [6, 6.07) is 0. The van der Waals surface area contributed by atoms with E-state index < -0.39 is 5.97 Å². The van der Waals surface area contributed by atoms with E-state index in [9.17, 15) is 4.79 Å². The van der Waals surface area contributed by atoms with Crippen LogP contribution in [0.4, 0.5) is 0 Å². The summed E-state index contributed by atoms with van der Waals surface area (Å²) in [5, 5.41) is 8.74. The molecule has 0 aliphatic heterocycles. The van der Waals surface area contributed by atoms with Crippen LogP contribution in [0.25, 0.3) is 0 Å². The summed E-state index contributed by atoms with van der Waals surface area (Å²) in [6.45, 7) is 8.36. The average Bonchev–Trinajstić information content (AvgIpc) is 2.13. The lowest BCUT2D eigenvalue weighted by Crippen LogP contribution is -2.25. The Morgan fingerprint density at radius 2 is 1.69 bits per heavy atom. The van der Waals surface area contributed by atoms with Crippen LogP contribution in [-0.4, -0.2) is 11.1 Å². The van der Waals surface area contributed by atoms with Crippen LogP contribution in [0.5, 0.6) is 0 Å². The Labute approximate surface area is 81.3 Å². The van der Waals surface area contributed by atoms with Crippen molar-refractivity contribution in [1.29, 1.82) is 0 Å². The Kier molecular flexibility index (Phi) is 5.76. The fourth-order valence-corrected chi connectivity index (χ4v) is 1.77. The lowest BCUT2D eigenvalue weighted by Gasteiger charge is -2.29. The minimum absolute atomic E-state index is 0.0683. The molecule has 1 rings (SSSR count). The van der Waals surface area contributed by atoms with E-state index in [0.29, 0.717) is 11.8 Å². The first-order valence-corrected chi connectivity index (χ1v) is 5.34. The highest BCUT2D eigenvalue weighted by Gasteiger charge is 2.28.